The maximum Gasteiger partial charge on any atom is 0.232 e. The first-order valence-corrected chi connectivity index (χ1v) is 6.71. The van der Waals surface area contributed by atoms with Gasteiger partial charge in [-0.15, -0.1) is 0 Å². The van der Waals surface area contributed by atoms with Gasteiger partial charge < -0.3 is 10.2 Å². The number of thioether (sulfide) groups is 1. The first-order valence-electron chi connectivity index (χ1n) is 5.32. The van der Waals surface area contributed by atoms with E-state index in [-0.39, 0.29) is 0 Å². The van der Waals surface area contributed by atoms with Crippen molar-refractivity contribution in [2.24, 2.45) is 0 Å². The molecule has 2 heterocycles. The van der Waals surface area contributed by atoms with Crippen molar-refractivity contribution in [3.8, 4) is 0 Å². The molecule has 2 rings (SSSR count). The van der Waals surface area contributed by atoms with Crippen LogP contribution in [-0.2, 0) is 4.79 Å². The molecule has 0 spiro atoms. The van der Waals surface area contributed by atoms with E-state index in [1.807, 2.05) is 11.2 Å². The zero-order valence-electron chi connectivity index (χ0n) is 8.66. The normalized spacial score (nSPS) is 31.6. The van der Waals surface area contributed by atoms with Gasteiger partial charge in [0.2, 0.25) is 5.91 Å². The van der Waals surface area contributed by atoms with Gasteiger partial charge in [-0.3, -0.25) is 4.79 Å². The number of amides is 1. The highest BCUT2D eigenvalue weighted by molar-refractivity contribution is 7.99. The van der Waals surface area contributed by atoms with E-state index < -0.39 is 0 Å². The van der Waals surface area contributed by atoms with Gasteiger partial charge in [0.25, 0.3) is 0 Å². The Bertz CT molecular complexity index is 210. The van der Waals surface area contributed by atoms with Crippen molar-refractivity contribution < 1.29 is 4.79 Å². The minimum atomic E-state index is 0.316. The lowest BCUT2D eigenvalue weighted by Gasteiger charge is -2.42. The van der Waals surface area contributed by atoms with Crippen LogP contribution >= 0.6 is 11.8 Å². The number of likely N-dealkylation sites (tertiary alicyclic amines) is 1. The number of hydrogen-bond acceptors (Lipinski definition) is 3. The average Bonchev–Trinajstić information content (AvgIpc) is 2.17. The molecule has 2 fully saturated rings. The van der Waals surface area contributed by atoms with Crippen molar-refractivity contribution in [1.82, 2.24) is 10.2 Å². The predicted molar refractivity (Wildman–Crippen MR) is 59.5 cm³/mol. The van der Waals surface area contributed by atoms with Crippen LogP contribution in [0.3, 0.4) is 0 Å². The Morgan fingerprint density at radius 2 is 2.07 bits per heavy atom. The number of fused-ring (bicyclic) bond motifs is 2. The Morgan fingerprint density at radius 3 is 2.64 bits per heavy atom. The van der Waals surface area contributed by atoms with Gasteiger partial charge in [0, 0.05) is 25.2 Å². The Hall–Kier alpha value is -0.220. The van der Waals surface area contributed by atoms with Crippen LogP contribution in [0.5, 0.6) is 0 Å². The molecule has 0 saturated carbocycles. The molecule has 1 N–H and O–H groups in total. The summed E-state index contributed by atoms with van der Waals surface area (Å²) >= 11 is 1.62. The zero-order chi connectivity index (χ0) is 9.97. The number of piperidine rings is 1. The molecule has 14 heavy (non-hydrogen) atoms. The third-order valence-corrected chi connectivity index (χ3v) is 3.61. The van der Waals surface area contributed by atoms with E-state index in [0.29, 0.717) is 23.7 Å². The Labute approximate surface area is 89.6 Å². The Kier molecular flexibility index (Phi) is 3.34. The van der Waals surface area contributed by atoms with Gasteiger partial charge in [-0.1, -0.05) is 6.42 Å². The SMILES string of the molecule is CSCC(=O)N1CC2CCCC(C1)N2. The lowest BCUT2D eigenvalue weighted by atomic mass is 9.94. The molecule has 0 aliphatic carbocycles. The highest BCUT2D eigenvalue weighted by Gasteiger charge is 2.31. The topological polar surface area (TPSA) is 32.3 Å². The van der Waals surface area contributed by atoms with E-state index in [0.717, 1.165) is 13.1 Å². The summed E-state index contributed by atoms with van der Waals surface area (Å²) in [7, 11) is 0. The van der Waals surface area contributed by atoms with Gasteiger partial charge in [-0.2, -0.15) is 11.8 Å². The second kappa shape index (κ2) is 4.53. The molecule has 0 radical (unpaired) electrons. The number of nitrogens with one attached hydrogen (secondary N) is 1. The number of hydrogen-bond donors (Lipinski definition) is 1. The fourth-order valence-corrected chi connectivity index (χ4v) is 2.85. The third-order valence-electron chi connectivity index (χ3n) is 3.08. The summed E-state index contributed by atoms with van der Waals surface area (Å²) in [5.41, 5.74) is 0. The lowest BCUT2D eigenvalue weighted by molar-refractivity contribution is -0.130. The van der Waals surface area contributed by atoms with E-state index in [2.05, 4.69) is 5.32 Å². The number of rotatable bonds is 2. The van der Waals surface area contributed by atoms with Gasteiger partial charge in [-0.05, 0) is 19.1 Å². The van der Waals surface area contributed by atoms with Crippen molar-refractivity contribution in [3.05, 3.63) is 0 Å². The van der Waals surface area contributed by atoms with E-state index in [1.54, 1.807) is 11.8 Å². The Balaban J connectivity index is 1.91. The molecule has 2 bridgehead atoms. The summed E-state index contributed by atoms with van der Waals surface area (Å²) in [5, 5.41) is 3.58. The summed E-state index contributed by atoms with van der Waals surface area (Å²) in [6, 6.07) is 1.13. The molecule has 0 aromatic heterocycles. The minimum Gasteiger partial charge on any atom is -0.339 e. The molecule has 2 unspecified atom stereocenters. The zero-order valence-corrected chi connectivity index (χ0v) is 9.48. The van der Waals surface area contributed by atoms with Gasteiger partial charge in [0.15, 0.2) is 0 Å². The summed E-state index contributed by atoms with van der Waals surface area (Å²) in [6.45, 7) is 1.85. The second-order valence-corrected chi connectivity index (χ2v) is 5.09. The molecule has 0 aromatic carbocycles. The highest BCUT2D eigenvalue weighted by atomic mass is 32.2. The Morgan fingerprint density at radius 1 is 1.43 bits per heavy atom. The van der Waals surface area contributed by atoms with Gasteiger partial charge in [-0.25, -0.2) is 0 Å². The number of carbonyl (C=O) groups excluding carboxylic acids is 1. The van der Waals surface area contributed by atoms with Crippen molar-refractivity contribution in [2.75, 3.05) is 25.1 Å². The summed E-state index contributed by atoms with van der Waals surface area (Å²) in [4.78, 5) is 13.7. The van der Waals surface area contributed by atoms with Crippen LogP contribution in [0.15, 0.2) is 0 Å². The van der Waals surface area contributed by atoms with E-state index in [1.165, 1.54) is 19.3 Å². The van der Waals surface area contributed by atoms with Crippen LogP contribution in [0, 0.1) is 0 Å². The molecule has 2 aliphatic heterocycles. The van der Waals surface area contributed by atoms with Crippen LogP contribution in [0.1, 0.15) is 19.3 Å². The lowest BCUT2D eigenvalue weighted by Crippen LogP contribution is -2.60. The first kappa shape index (κ1) is 10.3. The van der Waals surface area contributed by atoms with E-state index in [9.17, 15) is 4.79 Å². The molecule has 0 aromatic rings. The van der Waals surface area contributed by atoms with Crippen molar-refractivity contribution >= 4 is 17.7 Å². The van der Waals surface area contributed by atoms with Gasteiger partial charge in [0.1, 0.15) is 0 Å². The minimum absolute atomic E-state index is 0.316. The van der Waals surface area contributed by atoms with Crippen LogP contribution in [0.2, 0.25) is 0 Å². The first-order chi connectivity index (χ1) is 6.79. The molecular formula is C10H18N2OS. The predicted octanol–water partition coefficient (Wildman–Crippen LogP) is 0.702. The van der Waals surface area contributed by atoms with E-state index >= 15 is 0 Å². The summed E-state index contributed by atoms with van der Waals surface area (Å²) in [5.74, 6) is 0.954. The highest BCUT2D eigenvalue weighted by Crippen LogP contribution is 2.19. The standard InChI is InChI=1S/C10H18N2OS/c1-14-7-10(13)12-5-8-3-2-4-9(6-12)11-8/h8-9,11H,2-7H2,1H3. The maximum absolute atomic E-state index is 11.7. The summed E-state index contributed by atoms with van der Waals surface area (Å²) in [6.07, 6.45) is 5.78. The van der Waals surface area contributed by atoms with Crippen LogP contribution in [0.25, 0.3) is 0 Å². The van der Waals surface area contributed by atoms with Crippen molar-refractivity contribution in [1.29, 1.82) is 0 Å². The quantitative estimate of drug-likeness (QED) is 0.734. The third kappa shape index (κ3) is 2.23. The number of carbonyl (C=O) groups is 1. The van der Waals surface area contributed by atoms with Gasteiger partial charge in [0.05, 0.1) is 5.75 Å². The second-order valence-electron chi connectivity index (χ2n) is 4.22. The maximum atomic E-state index is 11.7. The van der Waals surface area contributed by atoms with Crippen molar-refractivity contribution in [3.63, 3.8) is 0 Å². The number of nitrogens with zero attached hydrogens (tertiary/aromatic N) is 1. The fourth-order valence-electron chi connectivity index (χ4n) is 2.42. The molecule has 2 saturated heterocycles. The molecule has 3 nitrogen and oxygen atoms in total. The largest absolute Gasteiger partial charge is 0.339 e. The molecule has 2 atom stereocenters. The monoisotopic (exact) mass is 214 g/mol. The van der Waals surface area contributed by atoms with Crippen LogP contribution < -0.4 is 5.32 Å². The van der Waals surface area contributed by atoms with Crippen LogP contribution in [0.4, 0.5) is 0 Å². The average molecular weight is 214 g/mol. The molecule has 1 amide bonds. The number of piperazine rings is 1. The smallest absolute Gasteiger partial charge is 0.232 e. The molecule has 80 valence electrons. The fraction of sp³-hybridized carbons (Fsp3) is 0.900. The molecule has 2 aliphatic rings. The van der Waals surface area contributed by atoms with E-state index in [4.69, 9.17) is 0 Å². The van der Waals surface area contributed by atoms with Crippen molar-refractivity contribution in [2.45, 2.75) is 31.3 Å². The summed E-state index contributed by atoms with van der Waals surface area (Å²) < 4.78 is 0. The molecule has 4 heteroatoms. The van der Waals surface area contributed by atoms with Crippen LogP contribution in [-0.4, -0.2) is 48.0 Å². The molecular weight excluding hydrogens is 196 g/mol. The van der Waals surface area contributed by atoms with Gasteiger partial charge >= 0.3 is 0 Å².